The first kappa shape index (κ1) is 9.15. The van der Waals surface area contributed by atoms with Crippen molar-refractivity contribution in [1.29, 1.82) is 0 Å². The van der Waals surface area contributed by atoms with Crippen molar-refractivity contribution >= 4 is 11.6 Å². The van der Waals surface area contributed by atoms with E-state index in [4.69, 9.17) is 0 Å². The summed E-state index contributed by atoms with van der Waals surface area (Å²) in [7, 11) is 0. The fraction of sp³-hybridized carbons (Fsp3) is 0.167. The Morgan fingerprint density at radius 3 is 3.00 bits per heavy atom. The molecule has 1 aromatic carbocycles. The first-order chi connectivity index (χ1) is 7.86. The van der Waals surface area contributed by atoms with Crippen LogP contribution in [0.1, 0.15) is 16.1 Å². The van der Waals surface area contributed by atoms with E-state index in [0.29, 0.717) is 12.2 Å². The Morgan fingerprint density at radius 2 is 2.19 bits per heavy atom. The molecule has 1 aromatic heterocycles. The molecular formula is C12H10N2O2. The van der Waals surface area contributed by atoms with Gasteiger partial charge in [0.05, 0.1) is 0 Å². The SMILES string of the molecule is O=C(c1ccon1)N1CCc2ccccc21. The van der Waals surface area contributed by atoms with Crippen LogP contribution in [0.15, 0.2) is 41.1 Å². The molecule has 0 spiro atoms. The van der Waals surface area contributed by atoms with Crippen LogP contribution < -0.4 is 4.90 Å². The van der Waals surface area contributed by atoms with Gasteiger partial charge >= 0.3 is 0 Å². The maximum absolute atomic E-state index is 12.1. The second-order valence-electron chi connectivity index (χ2n) is 3.72. The lowest BCUT2D eigenvalue weighted by atomic mass is 10.2. The van der Waals surface area contributed by atoms with E-state index in [1.165, 1.54) is 11.8 Å². The molecule has 1 aliphatic heterocycles. The van der Waals surface area contributed by atoms with E-state index in [1.807, 2.05) is 24.3 Å². The zero-order valence-electron chi connectivity index (χ0n) is 8.59. The van der Waals surface area contributed by atoms with E-state index in [1.54, 1.807) is 11.0 Å². The molecule has 0 fully saturated rings. The van der Waals surface area contributed by atoms with Gasteiger partial charge in [0, 0.05) is 18.3 Å². The van der Waals surface area contributed by atoms with Crippen molar-refractivity contribution in [1.82, 2.24) is 5.16 Å². The summed E-state index contributed by atoms with van der Waals surface area (Å²) in [5.41, 5.74) is 2.55. The molecule has 4 nitrogen and oxygen atoms in total. The van der Waals surface area contributed by atoms with E-state index in [9.17, 15) is 4.79 Å². The topological polar surface area (TPSA) is 46.3 Å². The number of anilines is 1. The van der Waals surface area contributed by atoms with Crippen LogP contribution in [0.25, 0.3) is 0 Å². The lowest BCUT2D eigenvalue weighted by Crippen LogP contribution is -2.29. The number of carbonyl (C=O) groups excluding carboxylic acids is 1. The zero-order valence-corrected chi connectivity index (χ0v) is 8.59. The number of benzene rings is 1. The summed E-state index contributed by atoms with van der Waals surface area (Å²) >= 11 is 0. The van der Waals surface area contributed by atoms with Crippen molar-refractivity contribution in [2.75, 3.05) is 11.4 Å². The maximum Gasteiger partial charge on any atom is 0.280 e. The first-order valence-corrected chi connectivity index (χ1v) is 5.16. The van der Waals surface area contributed by atoms with Crippen LogP contribution in [0.2, 0.25) is 0 Å². The molecule has 0 aliphatic carbocycles. The molecule has 2 aromatic rings. The predicted octanol–water partition coefficient (Wildman–Crippen LogP) is 1.88. The van der Waals surface area contributed by atoms with Crippen LogP contribution in [0, 0.1) is 0 Å². The summed E-state index contributed by atoms with van der Waals surface area (Å²) in [4.78, 5) is 13.8. The highest BCUT2D eigenvalue weighted by molar-refractivity contribution is 6.05. The largest absolute Gasteiger partial charge is 0.364 e. The van der Waals surface area contributed by atoms with E-state index in [-0.39, 0.29) is 5.91 Å². The van der Waals surface area contributed by atoms with Gasteiger partial charge < -0.3 is 9.42 Å². The van der Waals surface area contributed by atoms with E-state index in [2.05, 4.69) is 9.68 Å². The van der Waals surface area contributed by atoms with Gasteiger partial charge in [-0.2, -0.15) is 0 Å². The second-order valence-corrected chi connectivity index (χ2v) is 3.72. The first-order valence-electron chi connectivity index (χ1n) is 5.16. The molecule has 0 atom stereocenters. The lowest BCUT2D eigenvalue weighted by molar-refractivity contribution is 0.0980. The van der Waals surface area contributed by atoms with Gasteiger partial charge in [0.25, 0.3) is 5.91 Å². The highest BCUT2D eigenvalue weighted by Crippen LogP contribution is 2.28. The molecule has 3 rings (SSSR count). The molecule has 16 heavy (non-hydrogen) atoms. The fourth-order valence-corrected chi connectivity index (χ4v) is 2.01. The van der Waals surface area contributed by atoms with Crippen molar-refractivity contribution in [3.8, 4) is 0 Å². The van der Waals surface area contributed by atoms with Crippen molar-refractivity contribution in [2.24, 2.45) is 0 Å². The monoisotopic (exact) mass is 214 g/mol. The Bertz CT molecular complexity index is 520. The van der Waals surface area contributed by atoms with Gasteiger partial charge in [-0.3, -0.25) is 4.79 Å². The van der Waals surface area contributed by atoms with E-state index < -0.39 is 0 Å². The minimum atomic E-state index is -0.0984. The van der Waals surface area contributed by atoms with Gasteiger partial charge in [0.1, 0.15) is 6.26 Å². The van der Waals surface area contributed by atoms with Gasteiger partial charge in [-0.1, -0.05) is 23.4 Å². The third-order valence-electron chi connectivity index (χ3n) is 2.79. The number of fused-ring (bicyclic) bond motifs is 1. The van der Waals surface area contributed by atoms with Crippen molar-refractivity contribution in [3.63, 3.8) is 0 Å². The smallest absolute Gasteiger partial charge is 0.280 e. The maximum atomic E-state index is 12.1. The Balaban J connectivity index is 1.96. The standard InChI is InChI=1S/C12H10N2O2/c15-12(10-6-8-16-13-10)14-7-5-9-3-1-2-4-11(9)14/h1-4,6,8H,5,7H2. The molecule has 0 unspecified atom stereocenters. The molecule has 0 saturated heterocycles. The third kappa shape index (κ3) is 1.31. The van der Waals surface area contributed by atoms with Crippen LogP contribution >= 0.6 is 0 Å². The van der Waals surface area contributed by atoms with Crippen LogP contribution in [0.4, 0.5) is 5.69 Å². The lowest BCUT2D eigenvalue weighted by Gasteiger charge is -2.15. The van der Waals surface area contributed by atoms with Crippen molar-refractivity contribution < 1.29 is 9.32 Å². The molecule has 0 saturated carbocycles. The number of carbonyl (C=O) groups is 1. The summed E-state index contributed by atoms with van der Waals surface area (Å²) < 4.78 is 4.69. The second kappa shape index (κ2) is 3.48. The molecule has 4 heteroatoms. The molecule has 2 heterocycles. The average Bonchev–Trinajstić information content (AvgIpc) is 2.98. The Hall–Kier alpha value is -2.10. The molecule has 1 amide bonds. The Labute approximate surface area is 92.5 Å². The quantitative estimate of drug-likeness (QED) is 0.728. The molecular weight excluding hydrogens is 204 g/mol. The summed E-state index contributed by atoms with van der Waals surface area (Å²) in [5, 5.41) is 3.67. The van der Waals surface area contributed by atoms with Gasteiger partial charge in [-0.25, -0.2) is 0 Å². The molecule has 0 bridgehead atoms. The Kier molecular flexibility index (Phi) is 1.99. The highest BCUT2D eigenvalue weighted by Gasteiger charge is 2.26. The van der Waals surface area contributed by atoms with Crippen LogP contribution in [0.3, 0.4) is 0 Å². The number of hydrogen-bond acceptors (Lipinski definition) is 3. The molecule has 80 valence electrons. The number of aromatic nitrogens is 1. The van der Waals surface area contributed by atoms with Gasteiger partial charge in [0.15, 0.2) is 5.69 Å². The predicted molar refractivity (Wildman–Crippen MR) is 58.3 cm³/mol. The van der Waals surface area contributed by atoms with E-state index >= 15 is 0 Å². The van der Waals surface area contributed by atoms with E-state index in [0.717, 1.165) is 12.1 Å². The molecule has 0 radical (unpaired) electrons. The average molecular weight is 214 g/mol. The fourth-order valence-electron chi connectivity index (χ4n) is 2.01. The minimum absolute atomic E-state index is 0.0984. The highest BCUT2D eigenvalue weighted by atomic mass is 16.5. The van der Waals surface area contributed by atoms with Crippen LogP contribution in [0.5, 0.6) is 0 Å². The van der Waals surface area contributed by atoms with Crippen molar-refractivity contribution in [2.45, 2.75) is 6.42 Å². The van der Waals surface area contributed by atoms with Crippen LogP contribution in [-0.4, -0.2) is 17.6 Å². The molecule has 0 N–H and O–H groups in total. The van der Waals surface area contributed by atoms with Gasteiger partial charge in [0.2, 0.25) is 0 Å². The number of amides is 1. The van der Waals surface area contributed by atoms with Crippen LogP contribution in [-0.2, 0) is 6.42 Å². The number of para-hydroxylation sites is 1. The van der Waals surface area contributed by atoms with Crippen molar-refractivity contribution in [3.05, 3.63) is 47.9 Å². The number of nitrogens with zero attached hydrogens (tertiary/aromatic N) is 2. The number of hydrogen-bond donors (Lipinski definition) is 0. The Morgan fingerprint density at radius 1 is 1.31 bits per heavy atom. The summed E-state index contributed by atoms with van der Waals surface area (Å²) in [6.07, 6.45) is 2.31. The zero-order chi connectivity index (χ0) is 11.0. The summed E-state index contributed by atoms with van der Waals surface area (Å²) in [5.74, 6) is -0.0984. The van der Waals surface area contributed by atoms with Gasteiger partial charge in [-0.05, 0) is 18.1 Å². The summed E-state index contributed by atoms with van der Waals surface area (Å²) in [6, 6.07) is 9.52. The number of rotatable bonds is 1. The normalized spacial score (nSPS) is 13.9. The minimum Gasteiger partial charge on any atom is -0.364 e. The summed E-state index contributed by atoms with van der Waals surface area (Å²) in [6.45, 7) is 0.713. The van der Waals surface area contributed by atoms with Gasteiger partial charge in [-0.15, -0.1) is 0 Å². The molecule has 1 aliphatic rings. The third-order valence-corrected chi connectivity index (χ3v) is 2.79.